The molecule has 0 aliphatic rings. The molecular formula is C26H20N2O3. The van der Waals surface area contributed by atoms with Crippen LogP contribution in [0, 0.1) is 6.92 Å². The van der Waals surface area contributed by atoms with Gasteiger partial charge in [-0.05, 0) is 47.9 Å². The summed E-state index contributed by atoms with van der Waals surface area (Å²) < 4.78 is 10.9. The lowest BCUT2D eigenvalue weighted by Crippen LogP contribution is -2.11. The summed E-state index contributed by atoms with van der Waals surface area (Å²) in [6.45, 7) is 1.84. The maximum Gasteiger partial charge on any atom is 0.260 e. The van der Waals surface area contributed by atoms with Crippen molar-refractivity contribution >= 4 is 10.9 Å². The molecule has 0 spiro atoms. The number of aryl methyl sites for hydroxylation is 1. The highest BCUT2D eigenvalue weighted by Gasteiger charge is 2.20. The SMILES string of the molecule is COc1cccc(-c2ccc3[nH]c(=O)c(-c4cc(C)no4)c(-c4ccccc4)c3c2)c1. The molecule has 0 amide bonds. The lowest BCUT2D eigenvalue weighted by atomic mass is 9.93. The molecule has 0 radical (unpaired) electrons. The van der Waals surface area contributed by atoms with Crippen LogP contribution in [0.3, 0.4) is 0 Å². The first-order chi connectivity index (χ1) is 15.1. The van der Waals surface area contributed by atoms with Crippen LogP contribution in [0.4, 0.5) is 0 Å². The largest absolute Gasteiger partial charge is 0.497 e. The summed E-state index contributed by atoms with van der Waals surface area (Å²) in [7, 11) is 1.66. The molecule has 5 heteroatoms. The Bertz CT molecular complexity index is 1450. The van der Waals surface area contributed by atoms with E-state index in [1.165, 1.54) is 0 Å². The summed E-state index contributed by atoms with van der Waals surface area (Å²) in [6.07, 6.45) is 0. The van der Waals surface area contributed by atoms with Crippen molar-refractivity contribution < 1.29 is 9.26 Å². The van der Waals surface area contributed by atoms with E-state index in [1.807, 2.05) is 73.7 Å². The van der Waals surface area contributed by atoms with Gasteiger partial charge in [0.1, 0.15) is 5.75 Å². The van der Waals surface area contributed by atoms with Crippen LogP contribution >= 0.6 is 0 Å². The Morgan fingerprint density at radius 1 is 0.839 bits per heavy atom. The average molecular weight is 408 g/mol. The molecule has 0 aliphatic carbocycles. The number of methoxy groups -OCH3 is 1. The molecule has 152 valence electrons. The second-order valence-electron chi connectivity index (χ2n) is 7.40. The van der Waals surface area contributed by atoms with Crippen LogP contribution in [0.5, 0.6) is 5.75 Å². The van der Waals surface area contributed by atoms with Crippen molar-refractivity contribution in [2.45, 2.75) is 6.92 Å². The van der Waals surface area contributed by atoms with Gasteiger partial charge in [-0.1, -0.05) is 53.7 Å². The summed E-state index contributed by atoms with van der Waals surface area (Å²) in [5, 5.41) is 4.92. The first kappa shape index (κ1) is 18.9. The minimum Gasteiger partial charge on any atom is -0.497 e. The van der Waals surface area contributed by atoms with Crippen LogP contribution in [0.25, 0.3) is 44.5 Å². The fourth-order valence-electron chi connectivity index (χ4n) is 3.90. The predicted molar refractivity (Wildman–Crippen MR) is 122 cm³/mol. The molecular weight excluding hydrogens is 388 g/mol. The van der Waals surface area contributed by atoms with E-state index in [-0.39, 0.29) is 5.56 Å². The van der Waals surface area contributed by atoms with Crippen molar-refractivity contribution in [1.82, 2.24) is 10.1 Å². The van der Waals surface area contributed by atoms with E-state index in [4.69, 9.17) is 9.26 Å². The second kappa shape index (κ2) is 7.61. The summed E-state index contributed by atoms with van der Waals surface area (Å²) in [5.41, 5.74) is 5.55. The van der Waals surface area contributed by atoms with Gasteiger partial charge in [0.05, 0.1) is 18.4 Å². The molecule has 0 saturated heterocycles. The number of hydrogen-bond acceptors (Lipinski definition) is 4. The molecule has 0 atom stereocenters. The van der Waals surface area contributed by atoms with Crippen LogP contribution in [-0.2, 0) is 0 Å². The van der Waals surface area contributed by atoms with Crippen molar-refractivity contribution in [3.05, 3.63) is 94.9 Å². The van der Waals surface area contributed by atoms with Crippen molar-refractivity contribution in [1.29, 1.82) is 0 Å². The standard InChI is InChI=1S/C26H20N2O3/c1-16-13-23(31-28-16)25-24(17-7-4-3-5-8-17)21-15-19(11-12-22(21)27-26(25)29)18-9-6-10-20(14-18)30-2/h3-15H,1-2H3,(H,27,29). The molecule has 2 heterocycles. The first-order valence-electron chi connectivity index (χ1n) is 9.97. The molecule has 0 bridgehead atoms. The molecule has 5 aromatic rings. The van der Waals surface area contributed by atoms with Gasteiger partial charge < -0.3 is 14.2 Å². The highest BCUT2D eigenvalue weighted by Crippen LogP contribution is 2.37. The molecule has 0 fully saturated rings. The Morgan fingerprint density at radius 2 is 1.61 bits per heavy atom. The molecule has 0 aliphatic heterocycles. The van der Waals surface area contributed by atoms with Gasteiger partial charge in [0.25, 0.3) is 5.56 Å². The minimum atomic E-state index is -0.211. The second-order valence-corrected chi connectivity index (χ2v) is 7.40. The smallest absolute Gasteiger partial charge is 0.260 e. The van der Waals surface area contributed by atoms with Gasteiger partial charge in [0.2, 0.25) is 0 Å². The topological polar surface area (TPSA) is 68.1 Å². The van der Waals surface area contributed by atoms with Crippen LogP contribution in [0.15, 0.2) is 88.2 Å². The van der Waals surface area contributed by atoms with E-state index < -0.39 is 0 Å². The van der Waals surface area contributed by atoms with Crippen LogP contribution in [0.2, 0.25) is 0 Å². The molecule has 3 aromatic carbocycles. The summed E-state index contributed by atoms with van der Waals surface area (Å²) in [4.78, 5) is 16.1. The van der Waals surface area contributed by atoms with Crippen LogP contribution in [-0.4, -0.2) is 17.3 Å². The van der Waals surface area contributed by atoms with Gasteiger partial charge in [0, 0.05) is 22.5 Å². The molecule has 0 saturated carbocycles. The quantitative estimate of drug-likeness (QED) is 0.406. The van der Waals surface area contributed by atoms with E-state index in [9.17, 15) is 4.79 Å². The van der Waals surface area contributed by atoms with E-state index >= 15 is 0 Å². The number of pyridine rings is 1. The summed E-state index contributed by atoms with van der Waals surface area (Å²) in [6, 6.07) is 25.6. The van der Waals surface area contributed by atoms with Gasteiger partial charge in [-0.3, -0.25) is 4.79 Å². The molecule has 1 N–H and O–H groups in total. The van der Waals surface area contributed by atoms with Crippen LogP contribution < -0.4 is 10.3 Å². The first-order valence-corrected chi connectivity index (χ1v) is 9.97. The third kappa shape index (κ3) is 3.40. The van der Waals surface area contributed by atoms with E-state index in [0.29, 0.717) is 11.3 Å². The van der Waals surface area contributed by atoms with Crippen molar-refractivity contribution in [3.63, 3.8) is 0 Å². The third-order valence-corrected chi connectivity index (χ3v) is 5.35. The summed E-state index contributed by atoms with van der Waals surface area (Å²) in [5.74, 6) is 1.24. The maximum atomic E-state index is 13.1. The number of hydrogen-bond donors (Lipinski definition) is 1. The lowest BCUT2D eigenvalue weighted by Gasteiger charge is -2.13. The minimum absolute atomic E-state index is 0.211. The van der Waals surface area contributed by atoms with E-state index in [0.717, 1.165) is 44.6 Å². The highest BCUT2D eigenvalue weighted by molar-refractivity contribution is 6.03. The number of H-pyrrole nitrogens is 1. The van der Waals surface area contributed by atoms with E-state index in [1.54, 1.807) is 13.2 Å². The number of rotatable bonds is 4. The Labute approximate surface area is 178 Å². The zero-order valence-corrected chi connectivity index (χ0v) is 17.2. The molecule has 31 heavy (non-hydrogen) atoms. The van der Waals surface area contributed by atoms with Gasteiger partial charge in [-0.25, -0.2) is 0 Å². The Kier molecular flexibility index (Phi) is 4.64. The number of aromatic nitrogens is 2. The summed E-state index contributed by atoms with van der Waals surface area (Å²) >= 11 is 0. The van der Waals surface area contributed by atoms with E-state index in [2.05, 4.69) is 16.2 Å². The van der Waals surface area contributed by atoms with Crippen molar-refractivity contribution in [2.75, 3.05) is 7.11 Å². The fourth-order valence-corrected chi connectivity index (χ4v) is 3.90. The lowest BCUT2D eigenvalue weighted by molar-refractivity contribution is 0.415. The van der Waals surface area contributed by atoms with Gasteiger partial charge in [-0.15, -0.1) is 0 Å². The Hall–Kier alpha value is -4.12. The fraction of sp³-hybridized carbons (Fsp3) is 0.0769. The van der Waals surface area contributed by atoms with Gasteiger partial charge in [-0.2, -0.15) is 0 Å². The maximum absolute atomic E-state index is 13.1. The van der Waals surface area contributed by atoms with Crippen LogP contribution in [0.1, 0.15) is 5.69 Å². The highest BCUT2D eigenvalue weighted by atomic mass is 16.5. The zero-order valence-electron chi connectivity index (χ0n) is 17.2. The van der Waals surface area contributed by atoms with Gasteiger partial charge in [0.15, 0.2) is 5.76 Å². The monoisotopic (exact) mass is 408 g/mol. The predicted octanol–water partition coefficient (Wildman–Crippen LogP) is 5.83. The zero-order chi connectivity index (χ0) is 21.4. The number of nitrogens with one attached hydrogen (secondary N) is 1. The number of ether oxygens (including phenoxy) is 1. The molecule has 2 aromatic heterocycles. The third-order valence-electron chi connectivity index (χ3n) is 5.35. The number of aromatic amines is 1. The van der Waals surface area contributed by atoms with Gasteiger partial charge >= 0.3 is 0 Å². The van der Waals surface area contributed by atoms with Crippen molar-refractivity contribution in [2.24, 2.45) is 0 Å². The Morgan fingerprint density at radius 3 is 2.35 bits per heavy atom. The normalized spacial score (nSPS) is 11.0. The number of benzene rings is 3. The Balaban J connectivity index is 1.85. The molecule has 5 rings (SSSR count). The number of nitrogens with zero attached hydrogens (tertiary/aromatic N) is 1. The number of fused-ring (bicyclic) bond motifs is 1. The van der Waals surface area contributed by atoms with Crippen molar-refractivity contribution in [3.8, 4) is 39.3 Å². The molecule has 5 nitrogen and oxygen atoms in total. The average Bonchev–Trinajstić information content (AvgIpc) is 3.24. The molecule has 0 unspecified atom stereocenters.